The zero-order valence-corrected chi connectivity index (χ0v) is 14.9. The maximum Gasteiger partial charge on any atom is 0.410 e. The number of likely N-dealkylation sites (tertiary alicyclic amines) is 1. The molecule has 1 aliphatic heterocycles. The molecule has 0 atom stereocenters. The van der Waals surface area contributed by atoms with Crippen LogP contribution >= 0.6 is 0 Å². The number of carbonyl (C=O) groups excluding carboxylic acids is 1. The second-order valence-corrected chi connectivity index (χ2v) is 8.18. The van der Waals surface area contributed by atoms with Gasteiger partial charge in [0.1, 0.15) is 5.60 Å². The summed E-state index contributed by atoms with van der Waals surface area (Å²) >= 11 is 0. The Bertz CT molecular complexity index is 342. The SMILES string of the molecule is CC(C)(CCO)CNCC1CCN(C(=O)OC(C)(C)C)CC1. The first-order valence-corrected chi connectivity index (χ1v) is 8.42. The minimum absolute atomic E-state index is 0.131. The van der Waals surface area contributed by atoms with E-state index in [0.717, 1.165) is 45.4 Å². The van der Waals surface area contributed by atoms with Crippen LogP contribution in [0.2, 0.25) is 0 Å². The average Bonchev–Trinajstić information content (AvgIpc) is 2.37. The van der Waals surface area contributed by atoms with Crippen molar-refractivity contribution in [2.75, 3.05) is 32.8 Å². The molecule has 0 aliphatic carbocycles. The predicted molar refractivity (Wildman–Crippen MR) is 88.9 cm³/mol. The van der Waals surface area contributed by atoms with Crippen molar-refractivity contribution in [1.29, 1.82) is 0 Å². The summed E-state index contributed by atoms with van der Waals surface area (Å²) in [5, 5.41) is 12.6. The van der Waals surface area contributed by atoms with Gasteiger partial charge < -0.3 is 20.1 Å². The number of piperidine rings is 1. The molecule has 0 radical (unpaired) electrons. The van der Waals surface area contributed by atoms with Crippen LogP contribution in [0.15, 0.2) is 0 Å². The van der Waals surface area contributed by atoms with Gasteiger partial charge in [0.25, 0.3) is 0 Å². The first-order valence-electron chi connectivity index (χ1n) is 8.42. The number of nitrogens with one attached hydrogen (secondary N) is 1. The Morgan fingerprint density at radius 1 is 1.23 bits per heavy atom. The highest BCUT2D eigenvalue weighted by atomic mass is 16.6. The van der Waals surface area contributed by atoms with Crippen LogP contribution in [-0.2, 0) is 4.74 Å². The van der Waals surface area contributed by atoms with Gasteiger partial charge in [0.15, 0.2) is 0 Å². The van der Waals surface area contributed by atoms with Crippen LogP contribution in [0, 0.1) is 11.3 Å². The zero-order valence-electron chi connectivity index (χ0n) is 14.9. The normalized spacial score (nSPS) is 17.6. The van der Waals surface area contributed by atoms with Crippen LogP contribution in [0.4, 0.5) is 4.79 Å². The number of hydrogen-bond donors (Lipinski definition) is 2. The van der Waals surface area contributed by atoms with Crippen LogP contribution < -0.4 is 5.32 Å². The highest BCUT2D eigenvalue weighted by Crippen LogP contribution is 2.21. The van der Waals surface area contributed by atoms with Crippen LogP contribution in [0.5, 0.6) is 0 Å². The van der Waals surface area contributed by atoms with E-state index in [9.17, 15) is 4.79 Å². The molecule has 22 heavy (non-hydrogen) atoms. The van der Waals surface area contributed by atoms with Gasteiger partial charge in [-0.25, -0.2) is 4.79 Å². The molecule has 1 saturated heterocycles. The van der Waals surface area contributed by atoms with E-state index in [1.807, 2.05) is 25.7 Å². The van der Waals surface area contributed by atoms with Crippen molar-refractivity contribution >= 4 is 6.09 Å². The second-order valence-electron chi connectivity index (χ2n) is 8.18. The third-order valence-electron chi connectivity index (χ3n) is 4.09. The van der Waals surface area contributed by atoms with Gasteiger partial charge in [-0.1, -0.05) is 13.8 Å². The highest BCUT2D eigenvalue weighted by molar-refractivity contribution is 5.68. The first-order chi connectivity index (χ1) is 10.1. The van der Waals surface area contributed by atoms with Gasteiger partial charge in [0.05, 0.1) is 0 Å². The van der Waals surface area contributed by atoms with Crippen molar-refractivity contribution < 1.29 is 14.6 Å². The Labute approximate surface area is 135 Å². The lowest BCUT2D eigenvalue weighted by molar-refractivity contribution is 0.0183. The second kappa shape index (κ2) is 8.16. The summed E-state index contributed by atoms with van der Waals surface area (Å²) in [7, 11) is 0. The van der Waals surface area contributed by atoms with Gasteiger partial charge >= 0.3 is 6.09 Å². The van der Waals surface area contributed by atoms with Crippen molar-refractivity contribution in [3.63, 3.8) is 0 Å². The van der Waals surface area contributed by atoms with Crippen LogP contribution in [-0.4, -0.2) is 54.5 Å². The molecule has 0 aromatic carbocycles. The maximum absolute atomic E-state index is 12.0. The van der Waals surface area contributed by atoms with E-state index in [4.69, 9.17) is 9.84 Å². The number of rotatable bonds is 6. The summed E-state index contributed by atoms with van der Waals surface area (Å²) in [6, 6.07) is 0. The molecule has 2 N–H and O–H groups in total. The van der Waals surface area contributed by atoms with Crippen LogP contribution in [0.25, 0.3) is 0 Å². The Kier molecular flexibility index (Phi) is 7.13. The summed E-state index contributed by atoms with van der Waals surface area (Å²) in [6.45, 7) is 13.7. The third kappa shape index (κ3) is 7.45. The quantitative estimate of drug-likeness (QED) is 0.791. The Morgan fingerprint density at radius 3 is 2.32 bits per heavy atom. The topological polar surface area (TPSA) is 61.8 Å². The average molecular weight is 314 g/mol. The fraction of sp³-hybridized carbons (Fsp3) is 0.941. The third-order valence-corrected chi connectivity index (χ3v) is 4.09. The number of hydrogen-bond acceptors (Lipinski definition) is 4. The van der Waals surface area contributed by atoms with Crippen molar-refractivity contribution in [1.82, 2.24) is 10.2 Å². The Hall–Kier alpha value is -0.810. The van der Waals surface area contributed by atoms with E-state index in [0.29, 0.717) is 5.92 Å². The summed E-state index contributed by atoms with van der Waals surface area (Å²) < 4.78 is 5.41. The monoisotopic (exact) mass is 314 g/mol. The van der Waals surface area contributed by atoms with Gasteiger partial charge in [0.2, 0.25) is 0 Å². The molecule has 5 nitrogen and oxygen atoms in total. The lowest BCUT2D eigenvalue weighted by Crippen LogP contribution is -2.43. The number of aliphatic hydroxyl groups excluding tert-OH is 1. The number of ether oxygens (including phenoxy) is 1. The summed E-state index contributed by atoms with van der Waals surface area (Å²) in [5.41, 5.74) is -0.292. The molecule has 0 aromatic heterocycles. The highest BCUT2D eigenvalue weighted by Gasteiger charge is 2.27. The summed E-state index contributed by atoms with van der Waals surface area (Å²) in [4.78, 5) is 13.8. The molecule has 5 heteroatoms. The van der Waals surface area contributed by atoms with Crippen LogP contribution in [0.3, 0.4) is 0 Å². The predicted octanol–water partition coefficient (Wildman–Crippen LogP) is 2.63. The maximum atomic E-state index is 12.0. The molecule has 1 rings (SSSR count). The summed E-state index contributed by atoms with van der Waals surface area (Å²) in [6.07, 6.45) is 2.67. The van der Waals surface area contributed by atoms with E-state index in [2.05, 4.69) is 19.2 Å². The number of amides is 1. The molecule has 0 spiro atoms. The van der Waals surface area contributed by atoms with Crippen LogP contribution in [0.1, 0.15) is 53.9 Å². The molecule has 1 aliphatic rings. The van der Waals surface area contributed by atoms with Gasteiger partial charge in [-0.05, 0) is 57.9 Å². The molecule has 1 heterocycles. The van der Waals surface area contributed by atoms with Crippen molar-refractivity contribution in [3.8, 4) is 0 Å². The number of carbonyl (C=O) groups is 1. The largest absolute Gasteiger partial charge is 0.444 e. The van der Waals surface area contributed by atoms with Crippen molar-refractivity contribution in [2.45, 2.75) is 59.5 Å². The summed E-state index contributed by atoms with van der Waals surface area (Å²) in [5.74, 6) is 0.614. The van der Waals surface area contributed by atoms with E-state index in [1.165, 1.54) is 0 Å². The molecule has 0 aromatic rings. The molecule has 1 fully saturated rings. The van der Waals surface area contributed by atoms with E-state index in [1.54, 1.807) is 0 Å². The smallest absolute Gasteiger partial charge is 0.410 e. The van der Waals surface area contributed by atoms with Crippen molar-refractivity contribution in [2.24, 2.45) is 11.3 Å². The molecular formula is C17H34N2O3. The van der Waals surface area contributed by atoms with Crippen molar-refractivity contribution in [3.05, 3.63) is 0 Å². The van der Waals surface area contributed by atoms with Gasteiger partial charge in [-0.2, -0.15) is 0 Å². The van der Waals surface area contributed by atoms with Gasteiger partial charge in [-0.3, -0.25) is 0 Å². The lowest BCUT2D eigenvalue weighted by Gasteiger charge is -2.34. The molecule has 0 bridgehead atoms. The Morgan fingerprint density at radius 2 is 1.82 bits per heavy atom. The minimum atomic E-state index is -0.423. The van der Waals surface area contributed by atoms with E-state index < -0.39 is 5.60 Å². The van der Waals surface area contributed by atoms with Gasteiger partial charge in [-0.15, -0.1) is 0 Å². The fourth-order valence-electron chi connectivity index (χ4n) is 2.65. The number of aliphatic hydroxyl groups is 1. The van der Waals surface area contributed by atoms with E-state index >= 15 is 0 Å². The lowest BCUT2D eigenvalue weighted by atomic mass is 9.89. The standard InChI is InChI=1S/C17H34N2O3/c1-16(2,3)22-15(21)19-9-6-14(7-10-19)12-18-13-17(4,5)8-11-20/h14,18,20H,6-13H2,1-5H3. The molecule has 0 saturated carbocycles. The first kappa shape index (κ1) is 19.2. The van der Waals surface area contributed by atoms with E-state index in [-0.39, 0.29) is 18.1 Å². The molecule has 1 amide bonds. The fourth-order valence-corrected chi connectivity index (χ4v) is 2.65. The molecule has 0 unspecified atom stereocenters. The van der Waals surface area contributed by atoms with Gasteiger partial charge in [0, 0.05) is 26.2 Å². The number of nitrogens with zero attached hydrogens (tertiary/aromatic N) is 1. The molecular weight excluding hydrogens is 280 g/mol. The Balaban J connectivity index is 2.24. The zero-order chi connectivity index (χ0) is 16.8. The molecule has 130 valence electrons. The minimum Gasteiger partial charge on any atom is -0.444 e.